The van der Waals surface area contributed by atoms with Crippen LogP contribution in [0.3, 0.4) is 0 Å². The molecule has 0 aliphatic heterocycles. The Bertz CT molecular complexity index is 654. The molecule has 0 unspecified atom stereocenters. The molecule has 0 aromatic heterocycles. The average Bonchev–Trinajstić information content (AvgIpc) is 2.49. The molecule has 7 heteroatoms. The number of benzene rings is 1. The predicted molar refractivity (Wildman–Crippen MR) is 95.6 cm³/mol. The van der Waals surface area contributed by atoms with Crippen molar-refractivity contribution in [1.29, 1.82) is 0 Å². The largest absolute Gasteiger partial charge is 0.345 e. The standard InChI is InChI=1S/C17H26N2O4S/c1-4-5-6-14-7-9-15(10-8-14)19-17(21)16(18-13(2)20)11-12-24(3,22)23/h7-10,16H,4-6,11-12H2,1-3H3,(H,18,20)(H,19,21)/t16-/m0/s1. The fraction of sp³-hybridized carbons (Fsp3) is 0.529. The minimum atomic E-state index is -3.21. The minimum Gasteiger partial charge on any atom is -0.345 e. The van der Waals surface area contributed by atoms with Crippen LogP contribution in [0, 0.1) is 0 Å². The van der Waals surface area contributed by atoms with Crippen molar-refractivity contribution in [2.24, 2.45) is 0 Å². The van der Waals surface area contributed by atoms with Crippen LogP contribution in [0.1, 0.15) is 38.7 Å². The van der Waals surface area contributed by atoms with Crippen molar-refractivity contribution in [3.05, 3.63) is 29.8 Å². The van der Waals surface area contributed by atoms with E-state index in [1.54, 1.807) is 0 Å². The summed E-state index contributed by atoms with van der Waals surface area (Å²) < 4.78 is 22.6. The summed E-state index contributed by atoms with van der Waals surface area (Å²) in [6.45, 7) is 3.43. The number of anilines is 1. The molecule has 0 aliphatic rings. The zero-order chi connectivity index (χ0) is 18.2. The number of nitrogens with one attached hydrogen (secondary N) is 2. The van der Waals surface area contributed by atoms with Gasteiger partial charge in [0, 0.05) is 18.9 Å². The van der Waals surface area contributed by atoms with Gasteiger partial charge in [0.2, 0.25) is 11.8 Å². The number of hydrogen-bond acceptors (Lipinski definition) is 4. The Morgan fingerprint density at radius 1 is 1.17 bits per heavy atom. The van der Waals surface area contributed by atoms with Gasteiger partial charge in [0.25, 0.3) is 0 Å². The van der Waals surface area contributed by atoms with Crippen LogP contribution >= 0.6 is 0 Å². The number of amides is 2. The van der Waals surface area contributed by atoms with Crippen molar-refractivity contribution in [3.63, 3.8) is 0 Å². The van der Waals surface area contributed by atoms with Gasteiger partial charge in [-0.1, -0.05) is 25.5 Å². The van der Waals surface area contributed by atoms with Crippen LogP contribution in [0.4, 0.5) is 5.69 Å². The van der Waals surface area contributed by atoms with Crippen molar-refractivity contribution in [2.45, 2.75) is 45.6 Å². The first kappa shape index (κ1) is 20.2. The third-order valence-corrected chi connectivity index (χ3v) is 4.49. The summed E-state index contributed by atoms with van der Waals surface area (Å²) in [4.78, 5) is 23.5. The highest BCUT2D eigenvalue weighted by molar-refractivity contribution is 7.90. The van der Waals surface area contributed by atoms with E-state index >= 15 is 0 Å². The van der Waals surface area contributed by atoms with Crippen LogP contribution in [-0.4, -0.2) is 38.3 Å². The molecule has 0 aliphatic carbocycles. The number of unbranched alkanes of at least 4 members (excludes halogenated alkanes) is 1. The summed E-state index contributed by atoms with van der Waals surface area (Å²) in [5.41, 5.74) is 1.82. The molecule has 1 rings (SSSR count). The minimum absolute atomic E-state index is 0.0405. The number of hydrogen-bond donors (Lipinski definition) is 2. The van der Waals surface area contributed by atoms with E-state index < -0.39 is 21.8 Å². The van der Waals surface area contributed by atoms with E-state index in [2.05, 4.69) is 17.6 Å². The van der Waals surface area contributed by atoms with Crippen LogP contribution in [0.25, 0.3) is 0 Å². The smallest absolute Gasteiger partial charge is 0.246 e. The van der Waals surface area contributed by atoms with E-state index in [0.29, 0.717) is 5.69 Å². The summed E-state index contributed by atoms with van der Waals surface area (Å²) in [5.74, 6) is -0.963. The molecule has 1 aromatic carbocycles. The zero-order valence-electron chi connectivity index (χ0n) is 14.5. The highest BCUT2D eigenvalue weighted by atomic mass is 32.2. The van der Waals surface area contributed by atoms with Gasteiger partial charge in [-0.25, -0.2) is 8.42 Å². The lowest BCUT2D eigenvalue weighted by Gasteiger charge is -2.17. The third-order valence-electron chi connectivity index (χ3n) is 3.51. The lowest BCUT2D eigenvalue weighted by Crippen LogP contribution is -2.43. The summed E-state index contributed by atoms with van der Waals surface area (Å²) in [7, 11) is -3.21. The highest BCUT2D eigenvalue weighted by Gasteiger charge is 2.21. The summed E-state index contributed by atoms with van der Waals surface area (Å²) in [6.07, 6.45) is 4.37. The lowest BCUT2D eigenvalue weighted by molar-refractivity contribution is -0.125. The molecule has 0 heterocycles. The van der Waals surface area contributed by atoms with Crippen molar-refractivity contribution < 1.29 is 18.0 Å². The molecule has 1 atom stereocenters. The van der Waals surface area contributed by atoms with Crippen molar-refractivity contribution in [1.82, 2.24) is 5.32 Å². The number of carbonyl (C=O) groups excluding carboxylic acids is 2. The van der Waals surface area contributed by atoms with Gasteiger partial charge in [0.15, 0.2) is 0 Å². The van der Waals surface area contributed by atoms with Gasteiger partial charge in [-0.05, 0) is 37.0 Å². The third kappa shape index (κ3) is 8.10. The van der Waals surface area contributed by atoms with E-state index in [1.165, 1.54) is 12.5 Å². The molecule has 0 bridgehead atoms. The Balaban J connectivity index is 2.70. The quantitative estimate of drug-likeness (QED) is 0.708. The average molecular weight is 354 g/mol. The first-order valence-electron chi connectivity index (χ1n) is 8.06. The molecule has 134 valence electrons. The lowest BCUT2D eigenvalue weighted by atomic mass is 10.1. The van der Waals surface area contributed by atoms with Gasteiger partial charge in [-0.2, -0.15) is 0 Å². The van der Waals surface area contributed by atoms with Crippen molar-refractivity contribution in [2.75, 3.05) is 17.3 Å². The summed E-state index contributed by atoms with van der Waals surface area (Å²) >= 11 is 0. The first-order chi connectivity index (χ1) is 11.2. The van der Waals surface area contributed by atoms with Gasteiger partial charge in [-0.3, -0.25) is 9.59 Å². The molecular formula is C17H26N2O4S. The zero-order valence-corrected chi connectivity index (χ0v) is 15.3. The fourth-order valence-corrected chi connectivity index (χ4v) is 2.87. The second-order valence-corrected chi connectivity index (χ2v) is 8.22. The Morgan fingerprint density at radius 3 is 2.29 bits per heavy atom. The van der Waals surface area contributed by atoms with Crippen molar-refractivity contribution >= 4 is 27.3 Å². The molecule has 6 nitrogen and oxygen atoms in total. The van der Waals surface area contributed by atoms with Crippen LogP contribution < -0.4 is 10.6 Å². The molecule has 24 heavy (non-hydrogen) atoms. The van der Waals surface area contributed by atoms with E-state index in [1.807, 2.05) is 24.3 Å². The van der Waals surface area contributed by atoms with E-state index in [0.717, 1.165) is 25.5 Å². The summed E-state index contributed by atoms with van der Waals surface area (Å²) in [6, 6.07) is 6.65. The van der Waals surface area contributed by atoms with Gasteiger partial charge >= 0.3 is 0 Å². The van der Waals surface area contributed by atoms with Crippen molar-refractivity contribution in [3.8, 4) is 0 Å². The maximum absolute atomic E-state index is 12.3. The SMILES string of the molecule is CCCCc1ccc(NC(=O)[C@H](CCS(C)(=O)=O)NC(C)=O)cc1. The van der Waals surface area contributed by atoms with Crippen LogP contribution in [-0.2, 0) is 25.8 Å². The monoisotopic (exact) mass is 354 g/mol. The molecule has 0 fully saturated rings. The second-order valence-electron chi connectivity index (χ2n) is 5.96. The van der Waals surface area contributed by atoms with Gasteiger partial charge in [0.05, 0.1) is 5.75 Å². The molecule has 1 aromatic rings. The maximum atomic E-state index is 12.3. The number of carbonyl (C=O) groups is 2. The van der Waals surface area contributed by atoms with Crippen LogP contribution in [0.2, 0.25) is 0 Å². The predicted octanol–water partition coefficient (Wildman–Crippen LogP) is 1.91. The number of rotatable bonds is 9. The maximum Gasteiger partial charge on any atom is 0.246 e. The Kier molecular flexibility index (Phi) is 7.91. The molecule has 0 saturated carbocycles. The van der Waals surface area contributed by atoms with E-state index in [4.69, 9.17) is 0 Å². The van der Waals surface area contributed by atoms with Crippen LogP contribution in [0.5, 0.6) is 0 Å². The molecule has 0 saturated heterocycles. The number of aryl methyl sites for hydroxylation is 1. The molecule has 0 radical (unpaired) electrons. The Labute approximate surface area is 143 Å². The van der Waals surface area contributed by atoms with E-state index in [-0.39, 0.29) is 18.1 Å². The molecule has 2 N–H and O–H groups in total. The normalized spacial score (nSPS) is 12.5. The Hall–Kier alpha value is -1.89. The molecule has 2 amide bonds. The molecule has 0 spiro atoms. The van der Waals surface area contributed by atoms with Crippen LogP contribution in [0.15, 0.2) is 24.3 Å². The highest BCUT2D eigenvalue weighted by Crippen LogP contribution is 2.12. The first-order valence-corrected chi connectivity index (χ1v) is 10.1. The second kappa shape index (κ2) is 9.42. The van der Waals surface area contributed by atoms with Gasteiger partial charge in [-0.15, -0.1) is 0 Å². The summed E-state index contributed by atoms with van der Waals surface area (Å²) in [5, 5.41) is 5.21. The fourth-order valence-electron chi connectivity index (χ4n) is 2.21. The Morgan fingerprint density at radius 2 is 1.79 bits per heavy atom. The van der Waals surface area contributed by atoms with Gasteiger partial charge in [0.1, 0.15) is 15.9 Å². The molecular weight excluding hydrogens is 328 g/mol. The number of sulfone groups is 1. The van der Waals surface area contributed by atoms with Gasteiger partial charge < -0.3 is 10.6 Å². The topological polar surface area (TPSA) is 92.3 Å². The van der Waals surface area contributed by atoms with E-state index in [9.17, 15) is 18.0 Å².